The fraction of sp³-hybridized carbons (Fsp3) is 0.550. The van der Waals surface area contributed by atoms with Gasteiger partial charge in [-0.25, -0.2) is 9.97 Å². The van der Waals surface area contributed by atoms with Gasteiger partial charge in [-0.2, -0.15) is 0 Å². The van der Waals surface area contributed by atoms with Gasteiger partial charge in [0.1, 0.15) is 5.75 Å². The molecule has 1 aromatic heterocycles. The Morgan fingerprint density at radius 1 is 1.38 bits per heavy atom. The molecule has 26 heavy (non-hydrogen) atoms. The molecular formula is C20H28N4O2. The zero-order valence-corrected chi connectivity index (χ0v) is 15.9. The summed E-state index contributed by atoms with van der Waals surface area (Å²) in [5.74, 6) is 1.65. The highest BCUT2D eigenvalue weighted by molar-refractivity contribution is 5.83. The second-order valence-electron chi connectivity index (χ2n) is 6.92. The van der Waals surface area contributed by atoms with Crippen molar-refractivity contribution in [1.82, 2.24) is 15.3 Å². The topological polar surface area (TPSA) is 67.4 Å². The molecule has 1 atom stereocenters. The number of anilines is 1. The number of rotatable bonds is 6. The average molecular weight is 356 g/mol. The van der Waals surface area contributed by atoms with Gasteiger partial charge in [0.2, 0.25) is 11.9 Å². The smallest absolute Gasteiger partial charge is 0.226 e. The molecule has 0 spiro atoms. The number of methoxy groups -OCH3 is 1. The molecule has 2 aromatic rings. The van der Waals surface area contributed by atoms with Crippen LogP contribution in [0.5, 0.6) is 5.75 Å². The molecule has 6 heteroatoms. The van der Waals surface area contributed by atoms with Crippen molar-refractivity contribution in [3.8, 4) is 5.75 Å². The van der Waals surface area contributed by atoms with E-state index in [9.17, 15) is 4.79 Å². The highest BCUT2D eigenvalue weighted by atomic mass is 16.5. The maximum absolute atomic E-state index is 12.4. The molecule has 3 rings (SSSR count). The van der Waals surface area contributed by atoms with Gasteiger partial charge in [-0.3, -0.25) is 4.79 Å². The van der Waals surface area contributed by atoms with Crippen LogP contribution in [-0.4, -0.2) is 42.6 Å². The first kappa shape index (κ1) is 18.4. The van der Waals surface area contributed by atoms with Crippen molar-refractivity contribution in [2.45, 2.75) is 39.5 Å². The molecule has 140 valence electrons. The number of hydrogen-bond acceptors (Lipinski definition) is 5. The van der Waals surface area contributed by atoms with Gasteiger partial charge in [0.05, 0.1) is 24.2 Å². The van der Waals surface area contributed by atoms with Crippen molar-refractivity contribution >= 4 is 22.8 Å². The number of carbonyl (C=O) groups is 1. The van der Waals surface area contributed by atoms with E-state index in [1.807, 2.05) is 25.1 Å². The first-order valence-electron chi connectivity index (χ1n) is 9.47. The molecule has 0 saturated carbocycles. The van der Waals surface area contributed by atoms with Crippen LogP contribution >= 0.6 is 0 Å². The predicted molar refractivity (Wildman–Crippen MR) is 104 cm³/mol. The minimum absolute atomic E-state index is 0.00511. The van der Waals surface area contributed by atoms with Gasteiger partial charge in [-0.05, 0) is 38.3 Å². The molecule has 0 unspecified atom stereocenters. The van der Waals surface area contributed by atoms with Gasteiger partial charge < -0.3 is 15.0 Å². The number of nitrogens with one attached hydrogen (secondary N) is 1. The van der Waals surface area contributed by atoms with E-state index in [-0.39, 0.29) is 11.8 Å². The minimum atomic E-state index is 0.00511. The fourth-order valence-electron chi connectivity index (χ4n) is 3.43. The quantitative estimate of drug-likeness (QED) is 0.806. The molecule has 1 aliphatic heterocycles. The largest absolute Gasteiger partial charge is 0.497 e. The Labute approximate surface area is 155 Å². The zero-order chi connectivity index (χ0) is 18.5. The molecule has 6 nitrogen and oxygen atoms in total. The molecule has 0 radical (unpaired) electrons. The van der Waals surface area contributed by atoms with Crippen LogP contribution in [0.2, 0.25) is 0 Å². The lowest BCUT2D eigenvalue weighted by Crippen LogP contribution is -2.44. The van der Waals surface area contributed by atoms with E-state index < -0.39 is 0 Å². The van der Waals surface area contributed by atoms with Gasteiger partial charge in [0, 0.05) is 31.1 Å². The molecule has 1 aliphatic rings. The molecule has 1 amide bonds. The van der Waals surface area contributed by atoms with Crippen molar-refractivity contribution in [2.75, 3.05) is 31.6 Å². The first-order chi connectivity index (χ1) is 12.6. The number of aromatic nitrogens is 2. The third kappa shape index (κ3) is 4.06. The van der Waals surface area contributed by atoms with Crippen LogP contribution in [0.3, 0.4) is 0 Å². The van der Waals surface area contributed by atoms with Crippen LogP contribution in [0.4, 0.5) is 5.95 Å². The summed E-state index contributed by atoms with van der Waals surface area (Å²) in [5.41, 5.74) is 1.82. The maximum Gasteiger partial charge on any atom is 0.226 e. The van der Waals surface area contributed by atoms with Crippen LogP contribution in [0.25, 0.3) is 10.9 Å². The van der Waals surface area contributed by atoms with Crippen LogP contribution in [0, 0.1) is 12.8 Å². The van der Waals surface area contributed by atoms with E-state index in [0.29, 0.717) is 12.5 Å². The molecule has 2 heterocycles. The molecule has 0 bridgehead atoms. The summed E-state index contributed by atoms with van der Waals surface area (Å²) < 4.78 is 5.32. The van der Waals surface area contributed by atoms with Gasteiger partial charge in [-0.15, -0.1) is 0 Å². The third-order valence-electron chi connectivity index (χ3n) is 4.99. The van der Waals surface area contributed by atoms with E-state index >= 15 is 0 Å². The van der Waals surface area contributed by atoms with E-state index in [2.05, 4.69) is 17.1 Å². The first-order valence-corrected chi connectivity index (χ1v) is 9.47. The Bertz CT molecular complexity index is 778. The Morgan fingerprint density at radius 2 is 2.23 bits per heavy atom. The summed E-state index contributed by atoms with van der Waals surface area (Å²) in [5, 5.41) is 4.09. The SMILES string of the molecule is CCCCNC(=O)[C@@H]1CCCN(c2nc(C)c3ccc(OC)cc3n2)C1. The van der Waals surface area contributed by atoms with Gasteiger partial charge in [0.25, 0.3) is 0 Å². The summed E-state index contributed by atoms with van der Waals surface area (Å²) >= 11 is 0. The highest BCUT2D eigenvalue weighted by Gasteiger charge is 2.27. The third-order valence-corrected chi connectivity index (χ3v) is 4.99. The van der Waals surface area contributed by atoms with Crippen LogP contribution in [-0.2, 0) is 4.79 Å². The van der Waals surface area contributed by atoms with Crippen molar-refractivity contribution in [3.05, 3.63) is 23.9 Å². The van der Waals surface area contributed by atoms with Crippen LogP contribution in [0.1, 0.15) is 38.3 Å². The lowest BCUT2D eigenvalue weighted by Gasteiger charge is -2.32. The summed E-state index contributed by atoms with van der Waals surface area (Å²) in [6, 6.07) is 5.86. The number of nitrogens with zero attached hydrogens (tertiary/aromatic N) is 3. The molecule has 1 saturated heterocycles. The maximum atomic E-state index is 12.4. The average Bonchev–Trinajstić information content (AvgIpc) is 2.67. The number of ether oxygens (including phenoxy) is 1. The number of hydrogen-bond donors (Lipinski definition) is 1. The molecular weight excluding hydrogens is 328 g/mol. The molecule has 1 N–H and O–H groups in total. The van der Waals surface area contributed by atoms with Crippen LogP contribution < -0.4 is 15.0 Å². The summed E-state index contributed by atoms with van der Waals surface area (Å²) in [7, 11) is 1.66. The van der Waals surface area contributed by atoms with Crippen molar-refractivity contribution < 1.29 is 9.53 Å². The number of amides is 1. The van der Waals surface area contributed by atoms with E-state index in [1.165, 1.54) is 0 Å². The monoisotopic (exact) mass is 356 g/mol. The number of unbranched alkanes of at least 4 members (excludes halogenated alkanes) is 1. The van der Waals surface area contributed by atoms with Gasteiger partial charge in [-0.1, -0.05) is 13.3 Å². The number of carbonyl (C=O) groups excluding carboxylic acids is 1. The van der Waals surface area contributed by atoms with Crippen molar-refractivity contribution in [2.24, 2.45) is 5.92 Å². The Kier molecular flexibility index (Phi) is 5.91. The van der Waals surface area contributed by atoms with Crippen molar-refractivity contribution in [1.29, 1.82) is 0 Å². The molecule has 1 aromatic carbocycles. The standard InChI is InChI=1S/C20H28N4O2/c1-4-5-10-21-19(25)15-7-6-11-24(13-15)20-22-14(2)17-9-8-16(26-3)12-18(17)23-20/h8-9,12,15H,4-7,10-11,13H2,1-3H3,(H,21,25)/t15-/m1/s1. The van der Waals surface area contributed by atoms with Crippen LogP contribution in [0.15, 0.2) is 18.2 Å². The van der Waals surface area contributed by atoms with E-state index in [1.54, 1.807) is 7.11 Å². The number of benzene rings is 1. The summed E-state index contributed by atoms with van der Waals surface area (Å²) in [6.07, 6.45) is 4.01. The second kappa shape index (κ2) is 8.34. The normalized spacial score (nSPS) is 17.3. The Hall–Kier alpha value is -2.37. The second-order valence-corrected chi connectivity index (χ2v) is 6.92. The van der Waals surface area contributed by atoms with E-state index in [4.69, 9.17) is 14.7 Å². The Balaban J connectivity index is 1.78. The zero-order valence-electron chi connectivity index (χ0n) is 15.9. The van der Waals surface area contributed by atoms with E-state index in [0.717, 1.165) is 61.1 Å². The number of piperidine rings is 1. The lowest BCUT2D eigenvalue weighted by atomic mass is 9.97. The summed E-state index contributed by atoms with van der Waals surface area (Å²) in [4.78, 5) is 24.0. The number of fused-ring (bicyclic) bond motifs is 1. The molecule has 1 fully saturated rings. The Morgan fingerprint density at radius 3 is 3.00 bits per heavy atom. The van der Waals surface area contributed by atoms with Gasteiger partial charge >= 0.3 is 0 Å². The van der Waals surface area contributed by atoms with Crippen molar-refractivity contribution in [3.63, 3.8) is 0 Å². The lowest BCUT2D eigenvalue weighted by molar-refractivity contribution is -0.125. The summed E-state index contributed by atoms with van der Waals surface area (Å²) in [6.45, 7) is 6.44. The highest BCUT2D eigenvalue weighted by Crippen LogP contribution is 2.26. The van der Waals surface area contributed by atoms with Gasteiger partial charge in [0.15, 0.2) is 0 Å². The minimum Gasteiger partial charge on any atom is -0.497 e. The molecule has 0 aliphatic carbocycles. The fourth-order valence-corrected chi connectivity index (χ4v) is 3.43. The predicted octanol–water partition coefficient (Wildman–Crippen LogP) is 3.08. The number of aryl methyl sites for hydroxylation is 1.